The molecule has 1 aromatic heterocycles. The lowest BCUT2D eigenvalue weighted by Crippen LogP contribution is -2.51. The summed E-state index contributed by atoms with van der Waals surface area (Å²) in [4.78, 5) is 25.2. The monoisotopic (exact) mass is 372 g/mol. The Hall–Kier alpha value is -2.48. The van der Waals surface area contributed by atoms with Gasteiger partial charge in [0, 0.05) is 6.04 Å². The molecule has 2 N–H and O–H groups in total. The van der Waals surface area contributed by atoms with Crippen molar-refractivity contribution in [2.24, 2.45) is 0 Å². The Balaban J connectivity index is 1.42. The molecule has 0 radical (unpaired) electrons. The van der Waals surface area contributed by atoms with Gasteiger partial charge in [-0.25, -0.2) is 0 Å². The van der Waals surface area contributed by atoms with Gasteiger partial charge in [-0.3, -0.25) is 9.59 Å². The van der Waals surface area contributed by atoms with Gasteiger partial charge in [-0.2, -0.15) is 0 Å². The van der Waals surface area contributed by atoms with Crippen molar-refractivity contribution in [2.75, 3.05) is 6.54 Å². The first-order valence-corrected chi connectivity index (χ1v) is 9.50. The van der Waals surface area contributed by atoms with E-state index >= 15 is 0 Å². The van der Waals surface area contributed by atoms with Gasteiger partial charge < -0.3 is 15.4 Å². The molecule has 26 heavy (non-hydrogen) atoms. The minimum Gasteiger partial charge on any atom is -0.485 e. The first-order valence-electron chi connectivity index (χ1n) is 8.72. The number of fused-ring (bicyclic) bond motifs is 1. The zero-order chi connectivity index (χ0) is 18.1. The number of hydrogen-bond acceptors (Lipinski definition) is 6. The van der Waals surface area contributed by atoms with E-state index < -0.39 is 5.60 Å². The molecule has 2 aromatic rings. The van der Waals surface area contributed by atoms with Crippen LogP contribution in [0.1, 0.15) is 51.4 Å². The van der Waals surface area contributed by atoms with Gasteiger partial charge >= 0.3 is 0 Å². The Kier molecular flexibility index (Phi) is 4.36. The van der Waals surface area contributed by atoms with Crippen LogP contribution in [-0.4, -0.2) is 39.6 Å². The smallest absolute Gasteiger partial charge is 0.265 e. The maximum absolute atomic E-state index is 12.4. The van der Waals surface area contributed by atoms with Gasteiger partial charge in [0.2, 0.25) is 0 Å². The Labute approximate surface area is 155 Å². The molecule has 0 saturated heterocycles. The highest BCUT2D eigenvalue weighted by molar-refractivity contribution is 7.08. The highest BCUT2D eigenvalue weighted by Gasteiger charge is 2.40. The fourth-order valence-electron chi connectivity index (χ4n) is 3.61. The maximum atomic E-state index is 12.4. The second kappa shape index (κ2) is 6.68. The maximum Gasteiger partial charge on any atom is 0.265 e. The van der Waals surface area contributed by atoms with Gasteiger partial charge in [0.25, 0.3) is 11.8 Å². The number of ether oxygens (including phenoxy) is 1. The standard InChI is InChI=1S/C18H20N4O3S/c1-11-15(26-22-21-11)17(24)20-12-6-8-18(9-7-12)10-19-16(23)13-4-2-3-5-14(13)25-18/h2-5,12H,6-10H2,1H3,(H,19,23)(H,20,24). The number of rotatable bonds is 2. The number of carbonyl (C=O) groups excluding carboxylic acids is 2. The van der Waals surface area contributed by atoms with E-state index in [1.54, 1.807) is 13.0 Å². The number of aryl methyl sites for hydroxylation is 1. The molecule has 1 saturated carbocycles. The van der Waals surface area contributed by atoms with Crippen molar-refractivity contribution in [1.82, 2.24) is 20.2 Å². The van der Waals surface area contributed by atoms with E-state index in [0.29, 0.717) is 28.4 Å². The van der Waals surface area contributed by atoms with Crippen molar-refractivity contribution in [3.05, 3.63) is 40.4 Å². The summed E-state index contributed by atoms with van der Waals surface area (Å²) in [5.41, 5.74) is 0.824. The summed E-state index contributed by atoms with van der Waals surface area (Å²) in [6.45, 7) is 2.27. The number of para-hydroxylation sites is 1. The van der Waals surface area contributed by atoms with Gasteiger partial charge in [-0.1, -0.05) is 16.6 Å². The average Bonchev–Trinajstić information content (AvgIpc) is 3.02. The van der Waals surface area contributed by atoms with Crippen molar-refractivity contribution in [3.8, 4) is 5.75 Å². The second-order valence-corrected chi connectivity index (χ2v) is 7.65. The number of aromatic nitrogens is 2. The van der Waals surface area contributed by atoms with Crippen molar-refractivity contribution < 1.29 is 14.3 Å². The molecular formula is C18H20N4O3S. The van der Waals surface area contributed by atoms with Gasteiger partial charge in [-0.15, -0.1) is 5.10 Å². The molecule has 0 atom stereocenters. The molecule has 0 bridgehead atoms. The molecule has 2 aliphatic rings. The third-order valence-electron chi connectivity index (χ3n) is 5.12. The normalized spacial score (nSPS) is 25.0. The van der Waals surface area contributed by atoms with Crippen LogP contribution >= 0.6 is 11.5 Å². The van der Waals surface area contributed by atoms with E-state index in [1.807, 2.05) is 18.2 Å². The van der Waals surface area contributed by atoms with Gasteiger partial charge in [-0.05, 0) is 56.3 Å². The van der Waals surface area contributed by atoms with Crippen LogP contribution in [0.25, 0.3) is 0 Å². The summed E-state index contributed by atoms with van der Waals surface area (Å²) in [6.07, 6.45) is 3.14. The van der Waals surface area contributed by atoms with Crippen LogP contribution in [0.2, 0.25) is 0 Å². The van der Waals surface area contributed by atoms with Crippen LogP contribution in [0, 0.1) is 6.92 Å². The summed E-state index contributed by atoms with van der Waals surface area (Å²) in [6, 6.07) is 7.42. The zero-order valence-corrected chi connectivity index (χ0v) is 15.3. The van der Waals surface area contributed by atoms with E-state index in [9.17, 15) is 9.59 Å². The number of amides is 2. The predicted molar refractivity (Wildman–Crippen MR) is 96.5 cm³/mol. The van der Waals surface area contributed by atoms with Crippen LogP contribution in [-0.2, 0) is 0 Å². The summed E-state index contributed by atoms with van der Waals surface area (Å²) in [5, 5.41) is 9.94. The molecule has 8 heteroatoms. The van der Waals surface area contributed by atoms with Crippen LogP contribution < -0.4 is 15.4 Å². The summed E-state index contributed by atoms with van der Waals surface area (Å²) in [7, 11) is 0. The Morgan fingerprint density at radius 3 is 2.85 bits per heavy atom. The van der Waals surface area contributed by atoms with Crippen LogP contribution in [0.5, 0.6) is 5.75 Å². The van der Waals surface area contributed by atoms with Crippen LogP contribution in [0.4, 0.5) is 0 Å². The van der Waals surface area contributed by atoms with E-state index in [2.05, 4.69) is 20.2 Å². The molecule has 7 nitrogen and oxygen atoms in total. The molecular weight excluding hydrogens is 352 g/mol. The minimum absolute atomic E-state index is 0.0902. The molecule has 0 unspecified atom stereocenters. The predicted octanol–water partition coefficient (Wildman–Crippen LogP) is 2.08. The average molecular weight is 372 g/mol. The topological polar surface area (TPSA) is 93.2 Å². The van der Waals surface area contributed by atoms with Gasteiger partial charge in [0.1, 0.15) is 16.2 Å². The lowest BCUT2D eigenvalue weighted by molar-refractivity contribution is 0.0261. The first-order chi connectivity index (χ1) is 12.6. The van der Waals surface area contributed by atoms with Crippen LogP contribution in [0.15, 0.2) is 24.3 Å². The molecule has 2 heterocycles. The lowest BCUT2D eigenvalue weighted by atomic mass is 9.81. The number of nitrogens with zero attached hydrogens (tertiary/aromatic N) is 2. The summed E-state index contributed by atoms with van der Waals surface area (Å²) < 4.78 is 10.1. The highest BCUT2D eigenvalue weighted by Crippen LogP contribution is 2.36. The Morgan fingerprint density at radius 2 is 2.12 bits per heavy atom. The SMILES string of the molecule is Cc1nnsc1C(=O)NC1CCC2(CC1)CNC(=O)c1ccccc1O2. The van der Waals surface area contributed by atoms with E-state index in [1.165, 1.54) is 0 Å². The summed E-state index contributed by atoms with van der Waals surface area (Å²) >= 11 is 1.12. The third kappa shape index (κ3) is 3.16. The largest absolute Gasteiger partial charge is 0.485 e. The zero-order valence-electron chi connectivity index (χ0n) is 14.4. The van der Waals surface area contributed by atoms with Crippen molar-refractivity contribution in [1.29, 1.82) is 0 Å². The van der Waals surface area contributed by atoms with Gasteiger partial charge in [0.05, 0.1) is 17.8 Å². The van der Waals surface area contributed by atoms with Gasteiger partial charge in [0.15, 0.2) is 0 Å². The molecule has 1 aliphatic heterocycles. The fourth-order valence-corrected chi connectivity index (χ4v) is 4.17. The third-order valence-corrected chi connectivity index (χ3v) is 5.95. The minimum atomic E-state index is -0.411. The summed E-state index contributed by atoms with van der Waals surface area (Å²) in [5.74, 6) is 0.427. The molecule has 136 valence electrons. The second-order valence-electron chi connectivity index (χ2n) is 6.90. The van der Waals surface area contributed by atoms with E-state index in [0.717, 1.165) is 37.2 Å². The Morgan fingerprint density at radius 1 is 1.35 bits per heavy atom. The van der Waals surface area contributed by atoms with Crippen LogP contribution in [0.3, 0.4) is 0 Å². The fraction of sp³-hybridized carbons (Fsp3) is 0.444. The highest BCUT2D eigenvalue weighted by atomic mass is 32.1. The number of hydrogen-bond donors (Lipinski definition) is 2. The lowest BCUT2D eigenvalue weighted by Gasteiger charge is -2.39. The van der Waals surface area contributed by atoms with E-state index in [4.69, 9.17) is 4.74 Å². The molecule has 1 aromatic carbocycles. The molecule has 1 spiro atoms. The number of benzene rings is 1. The van der Waals surface area contributed by atoms with Crippen molar-refractivity contribution in [3.63, 3.8) is 0 Å². The molecule has 4 rings (SSSR count). The molecule has 1 fully saturated rings. The van der Waals surface area contributed by atoms with Crippen molar-refractivity contribution >= 4 is 23.3 Å². The molecule has 2 amide bonds. The Bertz CT molecular complexity index is 842. The quantitative estimate of drug-likeness (QED) is 0.842. The van der Waals surface area contributed by atoms with E-state index in [-0.39, 0.29) is 17.9 Å². The number of carbonyl (C=O) groups is 2. The number of nitrogens with one attached hydrogen (secondary N) is 2. The molecule has 1 aliphatic carbocycles. The van der Waals surface area contributed by atoms with Crippen molar-refractivity contribution in [2.45, 2.75) is 44.2 Å². The first kappa shape index (κ1) is 17.0.